The molecular weight excluding hydrogens is 196 g/mol. The van der Waals surface area contributed by atoms with Crippen molar-refractivity contribution in [1.29, 1.82) is 0 Å². The predicted molar refractivity (Wildman–Crippen MR) is 70.4 cm³/mol. The summed E-state index contributed by atoms with van der Waals surface area (Å²) in [6.07, 6.45) is 3.52. The first-order valence-electron chi connectivity index (χ1n) is 6.22. The van der Waals surface area contributed by atoms with Crippen LogP contribution in [-0.2, 0) is 13.0 Å². The van der Waals surface area contributed by atoms with Gasteiger partial charge in [0.15, 0.2) is 0 Å². The van der Waals surface area contributed by atoms with E-state index in [0.717, 1.165) is 19.5 Å². The number of hydrogen-bond acceptors (Lipinski definition) is 2. The van der Waals surface area contributed by atoms with E-state index < -0.39 is 0 Å². The first-order valence-corrected chi connectivity index (χ1v) is 6.22. The summed E-state index contributed by atoms with van der Waals surface area (Å²) in [5.74, 6) is 0. The Morgan fingerprint density at radius 1 is 1.12 bits per heavy atom. The van der Waals surface area contributed by atoms with Gasteiger partial charge in [-0.2, -0.15) is 0 Å². The minimum atomic E-state index is 0.732. The molecule has 1 aromatic carbocycles. The van der Waals surface area contributed by atoms with Crippen LogP contribution in [0.1, 0.15) is 30.9 Å². The van der Waals surface area contributed by atoms with Crippen LogP contribution in [0.5, 0.6) is 0 Å². The Morgan fingerprint density at radius 2 is 1.75 bits per heavy atom. The molecule has 0 aliphatic heterocycles. The normalized spacial score (nSPS) is 11.0. The van der Waals surface area contributed by atoms with Gasteiger partial charge in [0.2, 0.25) is 0 Å². The summed E-state index contributed by atoms with van der Waals surface area (Å²) in [6, 6.07) is 8.81. The van der Waals surface area contributed by atoms with Crippen molar-refractivity contribution < 1.29 is 0 Å². The number of benzene rings is 1. The summed E-state index contributed by atoms with van der Waals surface area (Å²) in [5, 5.41) is 0. The fraction of sp³-hybridized carbons (Fsp3) is 0.571. The van der Waals surface area contributed by atoms with Crippen LogP contribution in [0.3, 0.4) is 0 Å². The van der Waals surface area contributed by atoms with Crippen LogP contribution < -0.4 is 5.73 Å². The lowest BCUT2D eigenvalue weighted by molar-refractivity contribution is 0.321. The molecule has 2 nitrogen and oxygen atoms in total. The molecule has 1 rings (SSSR count). The van der Waals surface area contributed by atoms with Gasteiger partial charge in [-0.15, -0.1) is 0 Å². The van der Waals surface area contributed by atoms with Gasteiger partial charge in [0.25, 0.3) is 0 Å². The molecule has 0 heterocycles. The molecular formula is C14H24N2. The minimum absolute atomic E-state index is 0.732. The largest absolute Gasteiger partial charge is 0.330 e. The Bertz CT molecular complexity index is 279. The van der Waals surface area contributed by atoms with Gasteiger partial charge in [0, 0.05) is 6.54 Å². The van der Waals surface area contributed by atoms with Gasteiger partial charge < -0.3 is 10.6 Å². The molecule has 0 fully saturated rings. The van der Waals surface area contributed by atoms with Crippen LogP contribution in [0.2, 0.25) is 0 Å². The van der Waals surface area contributed by atoms with Crippen molar-refractivity contribution in [2.75, 3.05) is 20.1 Å². The summed E-state index contributed by atoms with van der Waals surface area (Å²) in [4.78, 5) is 2.38. The first-order chi connectivity index (χ1) is 7.76. The van der Waals surface area contributed by atoms with E-state index in [4.69, 9.17) is 5.73 Å². The Labute approximate surface area is 99.5 Å². The zero-order valence-corrected chi connectivity index (χ0v) is 10.6. The molecule has 16 heavy (non-hydrogen) atoms. The molecule has 0 spiro atoms. The monoisotopic (exact) mass is 220 g/mol. The molecule has 0 saturated carbocycles. The zero-order valence-electron chi connectivity index (χ0n) is 10.6. The molecule has 90 valence electrons. The van der Waals surface area contributed by atoms with Crippen LogP contribution in [-0.4, -0.2) is 25.0 Å². The fourth-order valence-electron chi connectivity index (χ4n) is 1.80. The molecule has 2 heteroatoms. The van der Waals surface area contributed by atoms with Crippen molar-refractivity contribution in [3.8, 4) is 0 Å². The van der Waals surface area contributed by atoms with Gasteiger partial charge in [0.1, 0.15) is 0 Å². The first kappa shape index (κ1) is 13.2. The highest BCUT2D eigenvalue weighted by molar-refractivity contribution is 5.22. The molecule has 0 aliphatic rings. The van der Waals surface area contributed by atoms with E-state index in [9.17, 15) is 0 Å². The second-order valence-corrected chi connectivity index (χ2v) is 4.45. The summed E-state index contributed by atoms with van der Waals surface area (Å²) in [6.45, 7) is 5.19. The van der Waals surface area contributed by atoms with Crippen LogP contribution in [0.25, 0.3) is 0 Å². The molecule has 2 N–H and O–H groups in total. The maximum absolute atomic E-state index is 5.53. The van der Waals surface area contributed by atoms with Crippen molar-refractivity contribution in [3.05, 3.63) is 35.4 Å². The van der Waals surface area contributed by atoms with E-state index >= 15 is 0 Å². The van der Waals surface area contributed by atoms with Crippen molar-refractivity contribution >= 4 is 0 Å². The molecule has 1 aromatic rings. The topological polar surface area (TPSA) is 29.3 Å². The SMILES string of the molecule is CCCCN(C)Cc1ccc(CCN)cc1. The number of unbranched alkanes of at least 4 members (excludes halogenated alkanes) is 1. The summed E-state index contributed by atoms with van der Waals surface area (Å²) in [7, 11) is 2.18. The van der Waals surface area contributed by atoms with Crippen molar-refractivity contribution in [1.82, 2.24) is 4.90 Å². The van der Waals surface area contributed by atoms with Gasteiger partial charge in [-0.25, -0.2) is 0 Å². The number of nitrogens with two attached hydrogens (primary N) is 1. The maximum Gasteiger partial charge on any atom is 0.0230 e. The predicted octanol–water partition coefficient (Wildman–Crippen LogP) is 2.42. The average molecular weight is 220 g/mol. The van der Waals surface area contributed by atoms with Gasteiger partial charge in [-0.3, -0.25) is 0 Å². The van der Waals surface area contributed by atoms with Crippen LogP contribution in [0.15, 0.2) is 24.3 Å². The highest BCUT2D eigenvalue weighted by Gasteiger charge is 1.99. The van der Waals surface area contributed by atoms with E-state index in [-0.39, 0.29) is 0 Å². The molecule has 0 amide bonds. The van der Waals surface area contributed by atoms with Crippen molar-refractivity contribution in [2.45, 2.75) is 32.7 Å². The Balaban J connectivity index is 2.41. The molecule has 0 unspecified atom stereocenters. The highest BCUT2D eigenvalue weighted by atomic mass is 15.1. The van der Waals surface area contributed by atoms with E-state index in [1.807, 2.05) is 0 Å². The highest BCUT2D eigenvalue weighted by Crippen LogP contribution is 2.07. The molecule has 0 aliphatic carbocycles. The van der Waals surface area contributed by atoms with Gasteiger partial charge in [-0.05, 0) is 44.1 Å². The standard InChI is InChI=1S/C14H24N2/c1-3-4-11-16(2)12-14-7-5-13(6-8-14)9-10-15/h5-8H,3-4,9-12,15H2,1-2H3. The van der Waals surface area contributed by atoms with E-state index in [1.165, 1.54) is 30.5 Å². The number of nitrogens with zero attached hydrogens (tertiary/aromatic N) is 1. The summed E-state index contributed by atoms with van der Waals surface area (Å²) >= 11 is 0. The number of hydrogen-bond donors (Lipinski definition) is 1. The third-order valence-electron chi connectivity index (χ3n) is 2.80. The second kappa shape index (κ2) is 7.42. The Kier molecular flexibility index (Phi) is 6.12. The molecule has 0 radical (unpaired) electrons. The Hall–Kier alpha value is -0.860. The minimum Gasteiger partial charge on any atom is -0.330 e. The lowest BCUT2D eigenvalue weighted by Crippen LogP contribution is -2.18. The zero-order chi connectivity index (χ0) is 11.8. The van der Waals surface area contributed by atoms with E-state index in [2.05, 4.69) is 43.1 Å². The van der Waals surface area contributed by atoms with Crippen LogP contribution in [0.4, 0.5) is 0 Å². The molecule has 0 aromatic heterocycles. The Morgan fingerprint density at radius 3 is 2.31 bits per heavy atom. The van der Waals surface area contributed by atoms with Crippen LogP contribution in [0, 0.1) is 0 Å². The van der Waals surface area contributed by atoms with Gasteiger partial charge >= 0.3 is 0 Å². The van der Waals surface area contributed by atoms with Crippen molar-refractivity contribution in [3.63, 3.8) is 0 Å². The van der Waals surface area contributed by atoms with Crippen LogP contribution >= 0.6 is 0 Å². The summed E-state index contributed by atoms with van der Waals surface area (Å²) < 4.78 is 0. The molecule has 0 bridgehead atoms. The smallest absolute Gasteiger partial charge is 0.0230 e. The lowest BCUT2D eigenvalue weighted by Gasteiger charge is -2.16. The number of rotatable bonds is 7. The average Bonchev–Trinajstić information content (AvgIpc) is 2.29. The molecule has 0 atom stereocenters. The second-order valence-electron chi connectivity index (χ2n) is 4.45. The fourth-order valence-corrected chi connectivity index (χ4v) is 1.80. The molecule has 0 saturated heterocycles. The lowest BCUT2D eigenvalue weighted by atomic mass is 10.1. The van der Waals surface area contributed by atoms with Crippen molar-refractivity contribution in [2.24, 2.45) is 5.73 Å². The van der Waals surface area contributed by atoms with E-state index in [1.54, 1.807) is 0 Å². The maximum atomic E-state index is 5.53. The summed E-state index contributed by atoms with van der Waals surface area (Å²) in [5.41, 5.74) is 8.25. The quantitative estimate of drug-likeness (QED) is 0.764. The van der Waals surface area contributed by atoms with E-state index in [0.29, 0.717) is 0 Å². The third-order valence-corrected chi connectivity index (χ3v) is 2.80. The van der Waals surface area contributed by atoms with Gasteiger partial charge in [-0.1, -0.05) is 37.6 Å². The third kappa shape index (κ3) is 4.77. The van der Waals surface area contributed by atoms with Gasteiger partial charge in [0.05, 0.1) is 0 Å².